The van der Waals surface area contributed by atoms with Crippen molar-refractivity contribution < 1.29 is 4.74 Å². The number of H-pyrrole nitrogens is 1. The van der Waals surface area contributed by atoms with Gasteiger partial charge in [-0.15, -0.1) is 0 Å². The Morgan fingerprint density at radius 1 is 1.33 bits per heavy atom. The maximum absolute atomic E-state index is 5.42. The van der Waals surface area contributed by atoms with Crippen LogP contribution in [0.4, 0.5) is 0 Å². The summed E-state index contributed by atoms with van der Waals surface area (Å²) >= 11 is 0. The zero-order chi connectivity index (χ0) is 12.5. The molecule has 3 rings (SSSR count). The Kier molecular flexibility index (Phi) is 2.67. The van der Waals surface area contributed by atoms with Crippen LogP contribution in [0.5, 0.6) is 5.75 Å². The van der Waals surface area contributed by atoms with Gasteiger partial charge in [-0.25, -0.2) is 4.98 Å². The Bertz CT molecular complexity index is 597. The molecule has 0 saturated carbocycles. The van der Waals surface area contributed by atoms with Crippen molar-refractivity contribution in [2.24, 2.45) is 0 Å². The van der Waals surface area contributed by atoms with Crippen molar-refractivity contribution in [1.82, 2.24) is 9.97 Å². The van der Waals surface area contributed by atoms with Gasteiger partial charge in [0.25, 0.3) is 0 Å². The highest BCUT2D eigenvalue weighted by molar-refractivity contribution is 5.80. The van der Waals surface area contributed by atoms with Gasteiger partial charge < -0.3 is 9.72 Å². The highest BCUT2D eigenvalue weighted by atomic mass is 16.5. The van der Waals surface area contributed by atoms with E-state index in [1.807, 2.05) is 6.20 Å². The van der Waals surface area contributed by atoms with Gasteiger partial charge in [0.1, 0.15) is 11.6 Å². The number of aromatic nitrogens is 2. The van der Waals surface area contributed by atoms with E-state index in [4.69, 9.17) is 4.74 Å². The molecule has 3 heteroatoms. The molecule has 0 unspecified atom stereocenters. The number of nitrogens with one attached hydrogen (secondary N) is 1. The minimum absolute atomic E-state index is 0.932. The summed E-state index contributed by atoms with van der Waals surface area (Å²) < 4.78 is 5.42. The van der Waals surface area contributed by atoms with Gasteiger partial charge in [-0.2, -0.15) is 0 Å². The molecule has 1 aromatic carbocycles. The second kappa shape index (κ2) is 4.33. The average Bonchev–Trinajstić information content (AvgIpc) is 2.90. The summed E-state index contributed by atoms with van der Waals surface area (Å²) in [6.07, 6.45) is 8.04. The number of hydrogen-bond donors (Lipinski definition) is 1. The van der Waals surface area contributed by atoms with Crippen molar-refractivity contribution in [2.45, 2.75) is 19.8 Å². The monoisotopic (exact) mass is 240 g/mol. The summed E-state index contributed by atoms with van der Waals surface area (Å²) in [5, 5.41) is 0. The van der Waals surface area contributed by atoms with Gasteiger partial charge in [0.05, 0.1) is 7.11 Å². The summed E-state index contributed by atoms with van der Waals surface area (Å²) in [5.41, 5.74) is 4.98. The molecule has 0 atom stereocenters. The Labute approximate surface area is 107 Å². The smallest absolute Gasteiger partial charge is 0.137 e. The molecule has 0 aliphatic heterocycles. The molecule has 0 saturated heterocycles. The minimum atomic E-state index is 0.932. The quantitative estimate of drug-likeness (QED) is 0.875. The van der Waals surface area contributed by atoms with Crippen LogP contribution in [-0.2, 0) is 6.42 Å². The molecule has 1 aliphatic rings. The number of allylic oxidation sites excluding steroid dienone is 1. The average molecular weight is 240 g/mol. The van der Waals surface area contributed by atoms with Crippen LogP contribution in [-0.4, -0.2) is 17.1 Å². The number of aromatic amines is 1. The van der Waals surface area contributed by atoms with Gasteiger partial charge in [-0.3, -0.25) is 0 Å². The highest BCUT2D eigenvalue weighted by Gasteiger charge is 2.17. The van der Waals surface area contributed by atoms with E-state index >= 15 is 0 Å². The number of aryl methyl sites for hydroxylation is 2. The summed E-state index contributed by atoms with van der Waals surface area (Å²) in [7, 11) is 1.72. The standard InChI is InChI=1S/C15H16N2O/c1-10-8-11-4-3-5-12(15-16-6-7-17-15)13(11)9-14(10)18-2/h5-9H,3-4H2,1-2H3,(H,16,17). The number of fused-ring (bicyclic) bond motifs is 1. The number of nitrogens with zero attached hydrogens (tertiary/aromatic N) is 1. The summed E-state index contributed by atoms with van der Waals surface area (Å²) in [5.74, 6) is 1.87. The Morgan fingerprint density at radius 2 is 2.22 bits per heavy atom. The Hall–Kier alpha value is -2.03. The largest absolute Gasteiger partial charge is 0.496 e. The van der Waals surface area contributed by atoms with Crippen molar-refractivity contribution >= 4 is 5.57 Å². The number of methoxy groups -OCH3 is 1. The van der Waals surface area contributed by atoms with Crippen LogP contribution in [0.15, 0.2) is 30.6 Å². The van der Waals surface area contributed by atoms with Gasteiger partial charge in [-0.1, -0.05) is 12.1 Å². The first kappa shape index (κ1) is 11.1. The van der Waals surface area contributed by atoms with E-state index in [1.54, 1.807) is 13.3 Å². The fraction of sp³-hybridized carbons (Fsp3) is 0.267. The normalized spacial score (nSPS) is 14.0. The molecule has 0 fully saturated rings. The van der Waals surface area contributed by atoms with Crippen molar-refractivity contribution in [3.8, 4) is 5.75 Å². The third-order valence-electron chi connectivity index (χ3n) is 3.43. The van der Waals surface area contributed by atoms with Crippen LogP contribution in [0.3, 0.4) is 0 Å². The second-order valence-corrected chi connectivity index (χ2v) is 4.57. The van der Waals surface area contributed by atoms with Gasteiger partial charge in [0.2, 0.25) is 0 Å². The maximum Gasteiger partial charge on any atom is 0.137 e. The van der Waals surface area contributed by atoms with E-state index in [-0.39, 0.29) is 0 Å². The lowest BCUT2D eigenvalue weighted by Gasteiger charge is -2.19. The molecular weight excluding hydrogens is 224 g/mol. The molecule has 3 nitrogen and oxygen atoms in total. The molecule has 0 amide bonds. The topological polar surface area (TPSA) is 37.9 Å². The van der Waals surface area contributed by atoms with Gasteiger partial charge in [0, 0.05) is 18.0 Å². The zero-order valence-corrected chi connectivity index (χ0v) is 10.7. The minimum Gasteiger partial charge on any atom is -0.496 e. The van der Waals surface area contributed by atoms with E-state index in [2.05, 4.69) is 35.1 Å². The van der Waals surface area contributed by atoms with Gasteiger partial charge in [-0.05, 0) is 42.5 Å². The third-order valence-corrected chi connectivity index (χ3v) is 3.43. The zero-order valence-electron chi connectivity index (χ0n) is 10.7. The maximum atomic E-state index is 5.42. The first-order valence-electron chi connectivity index (χ1n) is 6.17. The van der Waals surface area contributed by atoms with Crippen LogP contribution in [0.1, 0.15) is 28.9 Å². The lowest BCUT2D eigenvalue weighted by molar-refractivity contribution is 0.411. The Balaban J connectivity index is 2.15. The first-order chi connectivity index (χ1) is 8.79. The molecule has 18 heavy (non-hydrogen) atoms. The first-order valence-corrected chi connectivity index (χ1v) is 6.17. The predicted octanol–water partition coefficient (Wildman–Crippen LogP) is 3.10. The summed E-state index contributed by atoms with van der Waals surface area (Å²) in [6, 6.07) is 4.35. The summed E-state index contributed by atoms with van der Waals surface area (Å²) in [6.45, 7) is 2.09. The van der Waals surface area contributed by atoms with E-state index in [9.17, 15) is 0 Å². The Morgan fingerprint density at radius 3 is 2.94 bits per heavy atom. The third kappa shape index (κ3) is 1.72. The molecule has 0 radical (unpaired) electrons. The predicted molar refractivity (Wildman–Crippen MR) is 71.7 cm³/mol. The number of benzene rings is 1. The molecule has 1 aliphatic carbocycles. The highest BCUT2D eigenvalue weighted by Crippen LogP contribution is 2.34. The molecule has 1 N–H and O–H groups in total. The van der Waals surface area contributed by atoms with E-state index < -0.39 is 0 Å². The molecule has 1 heterocycles. The van der Waals surface area contributed by atoms with Crippen LogP contribution in [0, 0.1) is 6.92 Å². The molecule has 0 spiro atoms. The summed E-state index contributed by atoms with van der Waals surface area (Å²) in [4.78, 5) is 7.53. The number of rotatable bonds is 2. The molecular formula is C15H16N2O. The van der Waals surface area contributed by atoms with E-state index in [0.29, 0.717) is 0 Å². The molecule has 92 valence electrons. The number of ether oxygens (including phenoxy) is 1. The van der Waals surface area contributed by atoms with Crippen LogP contribution in [0.2, 0.25) is 0 Å². The van der Waals surface area contributed by atoms with Crippen LogP contribution in [0.25, 0.3) is 5.57 Å². The second-order valence-electron chi connectivity index (χ2n) is 4.57. The molecule has 0 bridgehead atoms. The van der Waals surface area contributed by atoms with E-state index in [0.717, 1.165) is 24.4 Å². The molecule has 2 aromatic rings. The lowest BCUT2D eigenvalue weighted by Crippen LogP contribution is -2.04. The fourth-order valence-electron chi connectivity index (χ4n) is 2.54. The number of imidazole rings is 1. The SMILES string of the molecule is COc1cc2c(cc1C)CCC=C2c1ncc[nH]1. The fourth-order valence-corrected chi connectivity index (χ4v) is 2.54. The van der Waals surface area contributed by atoms with Crippen LogP contribution >= 0.6 is 0 Å². The van der Waals surface area contributed by atoms with E-state index in [1.165, 1.54) is 22.3 Å². The van der Waals surface area contributed by atoms with Crippen molar-refractivity contribution in [1.29, 1.82) is 0 Å². The van der Waals surface area contributed by atoms with Gasteiger partial charge >= 0.3 is 0 Å². The van der Waals surface area contributed by atoms with Crippen LogP contribution < -0.4 is 4.74 Å². The molecule has 1 aromatic heterocycles. The van der Waals surface area contributed by atoms with Crippen molar-refractivity contribution in [3.05, 3.63) is 53.1 Å². The number of hydrogen-bond acceptors (Lipinski definition) is 2. The van der Waals surface area contributed by atoms with Gasteiger partial charge in [0.15, 0.2) is 0 Å². The van der Waals surface area contributed by atoms with Crippen molar-refractivity contribution in [2.75, 3.05) is 7.11 Å². The lowest BCUT2D eigenvalue weighted by atomic mass is 9.89. The van der Waals surface area contributed by atoms with Crippen molar-refractivity contribution in [3.63, 3.8) is 0 Å².